The lowest BCUT2D eigenvalue weighted by atomic mass is 10.2. The molecule has 0 amide bonds. The molecule has 1 N–H and O–H groups in total. The van der Waals surface area contributed by atoms with Gasteiger partial charge < -0.3 is 5.11 Å². The van der Waals surface area contributed by atoms with Gasteiger partial charge in [-0.15, -0.1) is 0 Å². The number of likely N-dealkylation sites (tertiary alicyclic amines) is 1. The summed E-state index contributed by atoms with van der Waals surface area (Å²) in [6.07, 6.45) is 2.25. The van der Waals surface area contributed by atoms with E-state index in [1.807, 2.05) is 7.05 Å². The van der Waals surface area contributed by atoms with Crippen LogP contribution in [-0.2, 0) is 0 Å². The fourth-order valence-electron chi connectivity index (χ4n) is 1.07. The highest BCUT2D eigenvalue weighted by Gasteiger charge is 2.18. The second-order valence-electron chi connectivity index (χ2n) is 2.27. The zero-order chi connectivity index (χ0) is 7.98. The van der Waals surface area contributed by atoms with E-state index in [9.17, 15) is 0 Å². The van der Waals surface area contributed by atoms with Crippen molar-refractivity contribution >= 4 is 0 Å². The summed E-state index contributed by atoms with van der Waals surface area (Å²) >= 11 is 0. The molecular formula is C7H14N2O. The molecule has 0 saturated carbocycles. The van der Waals surface area contributed by atoms with Crippen LogP contribution in [0.25, 0.3) is 0 Å². The van der Waals surface area contributed by atoms with Gasteiger partial charge in [-0.1, -0.05) is 0 Å². The van der Waals surface area contributed by atoms with Crippen molar-refractivity contribution in [3.63, 3.8) is 0 Å². The molecule has 1 rings (SSSR count). The van der Waals surface area contributed by atoms with E-state index in [2.05, 4.69) is 11.0 Å². The van der Waals surface area contributed by atoms with Gasteiger partial charge in [0, 0.05) is 7.11 Å². The van der Waals surface area contributed by atoms with E-state index in [1.165, 1.54) is 6.42 Å². The summed E-state index contributed by atoms with van der Waals surface area (Å²) in [5.74, 6) is 0. The molecule has 58 valence electrons. The Morgan fingerprint density at radius 3 is 2.40 bits per heavy atom. The van der Waals surface area contributed by atoms with Gasteiger partial charge in [0.1, 0.15) is 0 Å². The lowest BCUT2D eigenvalue weighted by molar-refractivity contribution is 0.363. The average molecular weight is 142 g/mol. The number of nitriles is 1. The van der Waals surface area contributed by atoms with Gasteiger partial charge in [-0.3, -0.25) is 4.90 Å². The van der Waals surface area contributed by atoms with Crippen LogP contribution >= 0.6 is 0 Å². The predicted molar refractivity (Wildman–Crippen MR) is 39.4 cm³/mol. The molecule has 0 bridgehead atoms. The molecule has 1 fully saturated rings. The van der Waals surface area contributed by atoms with Gasteiger partial charge >= 0.3 is 0 Å². The summed E-state index contributed by atoms with van der Waals surface area (Å²) in [4.78, 5) is 2.10. The smallest absolute Gasteiger partial charge is 0.0975 e. The third-order valence-corrected chi connectivity index (χ3v) is 1.67. The Bertz CT molecular complexity index is 119. The van der Waals surface area contributed by atoms with Gasteiger partial charge in [0.25, 0.3) is 0 Å². The van der Waals surface area contributed by atoms with Crippen molar-refractivity contribution in [3.8, 4) is 6.07 Å². The largest absolute Gasteiger partial charge is 0.400 e. The number of nitrogens with zero attached hydrogens (tertiary/aromatic N) is 2. The molecule has 0 aromatic rings. The van der Waals surface area contributed by atoms with Crippen molar-refractivity contribution in [2.75, 3.05) is 20.7 Å². The maximum absolute atomic E-state index is 8.44. The predicted octanol–water partition coefficient (Wildman–Crippen LogP) is 0.213. The van der Waals surface area contributed by atoms with Crippen LogP contribution in [0, 0.1) is 11.3 Å². The fraction of sp³-hybridized carbons (Fsp3) is 0.857. The van der Waals surface area contributed by atoms with E-state index in [0.717, 1.165) is 20.1 Å². The Labute approximate surface area is 61.9 Å². The minimum Gasteiger partial charge on any atom is -0.400 e. The van der Waals surface area contributed by atoms with Gasteiger partial charge in [-0.2, -0.15) is 5.26 Å². The standard InChI is InChI=1S/C6H10N2.CH4O/c1-8-4-2-3-6(8)5-7;1-2/h6H,2-4H2,1H3;2H,1H3. The van der Waals surface area contributed by atoms with Crippen LogP contribution in [0.4, 0.5) is 0 Å². The maximum Gasteiger partial charge on any atom is 0.0975 e. The first-order chi connectivity index (χ1) is 4.84. The summed E-state index contributed by atoms with van der Waals surface area (Å²) in [7, 11) is 3.00. The van der Waals surface area contributed by atoms with Crippen LogP contribution < -0.4 is 0 Å². The quantitative estimate of drug-likeness (QED) is 0.526. The number of aliphatic hydroxyl groups excluding tert-OH is 1. The molecule has 0 spiro atoms. The molecule has 1 atom stereocenters. The topological polar surface area (TPSA) is 47.3 Å². The highest BCUT2D eigenvalue weighted by molar-refractivity contribution is 4.94. The molecular weight excluding hydrogens is 128 g/mol. The van der Waals surface area contributed by atoms with Crippen molar-refractivity contribution in [3.05, 3.63) is 0 Å². The highest BCUT2D eigenvalue weighted by atomic mass is 16.2. The van der Waals surface area contributed by atoms with Crippen LogP contribution in [0.5, 0.6) is 0 Å². The van der Waals surface area contributed by atoms with Gasteiger partial charge in [0.15, 0.2) is 0 Å². The summed E-state index contributed by atoms with van der Waals surface area (Å²) < 4.78 is 0. The van der Waals surface area contributed by atoms with Gasteiger partial charge in [0.05, 0.1) is 12.1 Å². The Balaban J connectivity index is 0.000000371. The van der Waals surface area contributed by atoms with Crippen LogP contribution in [0.3, 0.4) is 0 Å². The molecule has 3 heteroatoms. The molecule has 0 aliphatic carbocycles. The van der Waals surface area contributed by atoms with E-state index < -0.39 is 0 Å². The maximum atomic E-state index is 8.44. The van der Waals surface area contributed by atoms with Gasteiger partial charge in [0.2, 0.25) is 0 Å². The number of rotatable bonds is 0. The van der Waals surface area contributed by atoms with Crippen LogP contribution in [0.1, 0.15) is 12.8 Å². The van der Waals surface area contributed by atoms with Gasteiger partial charge in [-0.05, 0) is 26.4 Å². The second kappa shape index (κ2) is 5.21. The van der Waals surface area contributed by atoms with E-state index in [0.29, 0.717) is 0 Å². The Kier molecular flexibility index (Phi) is 4.91. The van der Waals surface area contributed by atoms with Crippen molar-refractivity contribution in [1.82, 2.24) is 4.90 Å². The Hall–Kier alpha value is -0.590. The molecule has 1 aliphatic rings. The lowest BCUT2D eigenvalue weighted by Crippen LogP contribution is -2.22. The van der Waals surface area contributed by atoms with Crippen molar-refractivity contribution in [1.29, 1.82) is 5.26 Å². The van der Waals surface area contributed by atoms with Crippen LogP contribution in [0.15, 0.2) is 0 Å². The zero-order valence-electron chi connectivity index (χ0n) is 6.54. The minimum absolute atomic E-state index is 0.204. The van der Waals surface area contributed by atoms with Crippen molar-refractivity contribution < 1.29 is 5.11 Å². The van der Waals surface area contributed by atoms with Crippen LogP contribution in [-0.4, -0.2) is 36.8 Å². The molecule has 1 unspecified atom stereocenters. The fourth-order valence-corrected chi connectivity index (χ4v) is 1.07. The second-order valence-corrected chi connectivity index (χ2v) is 2.27. The normalized spacial score (nSPS) is 24.8. The molecule has 1 aliphatic heterocycles. The molecule has 0 aromatic heterocycles. The van der Waals surface area contributed by atoms with E-state index in [1.54, 1.807) is 0 Å². The lowest BCUT2D eigenvalue weighted by Gasteiger charge is -2.09. The molecule has 0 aromatic carbocycles. The third kappa shape index (κ3) is 2.34. The third-order valence-electron chi connectivity index (χ3n) is 1.67. The van der Waals surface area contributed by atoms with E-state index >= 15 is 0 Å². The molecule has 1 heterocycles. The first-order valence-corrected chi connectivity index (χ1v) is 3.39. The molecule has 1 saturated heterocycles. The first-order valence-electron chi connectivity index (χ1n) is 3.39. The molecule has 0 radical (unpaired) electrons. The first kappa shape index (κ1) is 9.41. The number of aliphatic hydroxyl groups is 1. The Morgan fingerprint density at radius 2 is 2.20 bits per heavy atom. The Morgan fingerprint density at radius 1 is 1.60 bits per heavy atom. The van der Waals surface area contributed by atoms with E-state index in [-0.39, 0.29) is 6.04 Å². The van der Waals surface area contributed by atoms with E-state index in [4.69, 9.17) is 10.4 Å². The summed E-state index contributed by atoms with van der Waals surface area (Å²) in [5.41, 5.74) is 0. The van der Waals surface area contributed by atoms with Crippen molar-refractivity contribution in [2.24, 2.45) is 0 Å². The molecule has 10 heavy (non-hydrogen) atoms. The average Bonchev–Trinajstić information content (AvgIpc) is 2.39. The van der Waals surface area contributed by atoms with Crippen LogP contribution in [0.2, 0.25) is 0 Å². The summed E-state index contributed by atoms with van der Waals surface area (Å²) in [6.45, 7) is 1.10. The summed E-state index contributed by atoms with van der Waals surface area (Å²) in [5, 5.41) is 15.4. The van der Waals surface area contributed by atoms with Gasteiger partial charge in [-0.25, -0.2) is 0 Å². The molecule has 3 nitrogen and oxygen atoms in total. The minimum atomic E-state index is 0.204. The monoisotopic (exact) mass is 142 g/mol. The number of hydrogen-bond donors (Lipinski definition) is 1. The SMILES string of the molecule is CN1CCCC1C#N.CO. The zero-order valence-corrected chi connectivity index (χ0v) is 6.54. The van der Waals surface area contributed by atoms with Crippen molar-refractivity contribution in [2.45, 2.75) is 18.9 Å². The highest BCUT2D eigenvalue weighted by Crippen LogP contribution is 2.12. The summed E-state index contributed by atoms with van der Waals surface area (Å²) in [6, 6.07) is 2.44. The number of hydrogen-bond acceptors (Lipinski definition) is 3.